The van der Waals surface area contributed by atoms with Crippen LogP contribution in [0.5, 0.6) is 0 Å². The van der Waals surface area contributed by atoms with Crippen LogP contribution in [0.25, 0.3) is 11.1 Å². The van der Waals surface area contributed by atoms with Crippen LogP contribution < -0.4 is 15.9 Å². The van der Waals surface area contributed by atoms with Crippen LogP contribution in [0.15, 0.2) is 0 Å². The van der Waals surface area contributed by atoms with E-state index in [0.717, 1.165) is 0 Å². The van der Waals surface area contributed by atoms with Crippen molar-refractivity contribution in [3.63, 3.8) is 0 Å². The molecule has 0 amide bonds. The van der Waals surface area contributed by atoms with Gasteiger partial charge in [-0.2, -0.15) is 21.0 Å². The highest BCUT2D eigenvalue weighted by atomic mass is 19.2. The van der Waals surface area contributed by atoms with Gasteiger partial charge in [0.2, 0.25) is 0 Å². The molecule has 92 valence electrons. The maximum Gasteiger partial charge on any atom is 0.171 e. The van der Waals surface area contributed by atoms with Crippen molar-refractivity contribution in [1.82, 2.24) is 0 Å². The third-order valence-electron chi connectivity index (χ3n) is 2.30. The molecule has 2 radical (unpaired) electrons. The topological polar surface area (TPSA) is 95.2 Å². The van der Waals surface area contributed by atoms with Gasteiger partial charge in [0.1, 0.15) is 49.1 Å². The summed E-state index contributed by atoms with van der Waals surface area (Å²) in [6, 6.07) is 4.89. The summed E-state index contributed by atoms with van der Waals surface area (Å²) in [7, 11) is 5.22. The SMILES string of the molecule is [B]c1c(F)c(=C(C#N)C#N)c(F)c(F)c1=C(C#N)C#N. The van der Waals surface area contributed by atoms with E-state index in [1.165, 1.54) is 24.3 Å². The van der Waals surface area contributed by atoms with Crippen LogP contribution in [0.1, 0.15) is 0 Å². The van der Waals surface area contributed by atoms with Crippen LogP contribution in [0.3, 0.4) is 0 Å². The molecular weight excluding hydrogens is 268 g/mol. The fraction of sp³-hybridized carbons (Fsp3) is 0. The summed E-state index contributed by atoms with van der Waals surface area (Å²) < 4.78 is 41.4. The third-order valence-corrected chi connectivity index (χ3v) is 2.30. The molecule has 0 aliphatic carbocycles. The Kier molecular flexibility index (Phi) is 4.16. The molecule has 0 aliphatic heterocycles. The van der Waals surface area contributed by atoms with E-state index in [1.807, 2.05) is 0 Å². The highest BCUT2D eigenvalue weighted by Gasteiger charge is 2.19. The standard InChI is InChI=1S/C12BF3N4/c13-9-7(5(1-17)2-18)11(15)12(16)8(10(9)14)6(3-19)4-20. The second-order valence-electron chi connectivity index (χ2n) is 3.30. The minimum atomic E-state index is -1.87. The van der Waals surface area contributed by atoms with Gasteiger partial charge in [-0.15, -0.1) is 0 Å². The molecule has 0 spiro atoms. The minimum absolute atomic E-state index is 0.931. The number of rotatable bonds is 0. The van der Waals surface area contributed by atoms with E-state index in [9.17, 15) is 13.2 Å². The van der Waals surface area contributed by atoms with Crippen LogP contribution in [0.2, 0.25) is 0 Å². The van der Waals surface area contributed by atoms with Gasteiger partial charge >= 0.3 is 0 Å². The van der Waals surface area contributed by atoms with Crippen molar-refractivity contribution >= 4 is 24.5 Å². The number of hydrogen-bond acceptors (Lipinski definition) is 4. The molecule has 8 heteroatoms. The van der Waals surface area contributed by atoms with Crippen molar-refractivity contribution in [3.05, 3.63) is 27.9 Å². The van der Waals surface area contributed by atoms with E-state index in [1.54, 1.807) is 0 Å². The highest BCUT2D eigenvalue weighted by Crippen LogP contribution is 2.00. The van der Waals surface area contributed by atoms with Crippen molar-refractivity contribution in [2.75, 3.05) is 0 Å². The molecule has 0 aliphatic rings. The molecule has 0 saturated heterocycles. The van der Waals surface area contributed by atoms with Crippen molar-refractivity contribution in [2.45, 2.75) is 0 Å². The van der Waals surface area contributed by atoms with Gasteiger partial charge in [0.15, 0.2) is 11.6 Å². The molecule has 0 heterocycles. The number of hydrogen-bond donors (Lipinski definition) is 0. The molecule has 0 atom stereocenters. The summed E-state index contributed by atoms with van der Waals surface area (Å²) in [5.74, 6) is -5.23. The van der Waals surface area contributed by atoms with Gasteiger partial charge in [0, 0.05) is 5.22 Å². The van der Waals surface area contributed by atoms with Gasteiger partial charge in [0.25, 0.3) is 0 Å². The second kappa shape index (κ2) is 5.61. The summed E-state index contributed by atoms with van der Waals surface area (Å²) >= 11 is 0. The molecule has 0 bridgehead atoms. The maximum absolute atomic E-state index is 13.9. The summed E-state index contributed by atoms with van der Waals surface area (Å²) in [5.41, 5.74) is -2.98. The molecule has 0 N–H and O–H groups in total. The number of nitriles is 4. The zero-order valence-electron chi connectivity index (χ0n) is 9.50. The van der Waals surface area contributed by atoms with E-state index in [-0.39, 0.29) is 0 Å². The Morgan fingerprint density at radius 2 is 1.05 bits per heavy atom. The summed E-state index contributed by atoms with van der Waals surface area (Å²) in [6.45, 7) is 0. The minimum Gasteiger partial charge on any atom is -0.207 e. The quantitative estimate of drug-likeness (QED) is 0.458. The summed E-state index contributed by atoms with van der Waals surface area (Å²) in [5, 5.41) is 32.0. The highest BCUT2D eigenvalue weighted by molar-refractivity contribution is 6.33. The van der Waals surface area contributed by atoms with Gasteiger partial charge in [-0.3, -0.25) is 0 Å². The lowest BCUT2D eigenvalue weighted by atomic mass is 9.89. The van der Waals surface area contributed by atoms with Gasteiger partial charge in [-0.25, -0.2) is 13.2 Å². The largest absolute Gasteiger partial charge is 0.207 e. The van der Waals surface area contributed by atoms with Gasteiger partial charge < -0.3 is 0 Å². The third kappa shape index (κ3) is 2.07. The normalized spacial score (nSPS) is 8.75. The fourth-order valence-corrected chi connectivity index (χ4v) is 1.42. The van der Waals surface area contributed by atoms with E-state index in [4.69, 9.17) is 28.9 Å². The Hall–Kier alpha value is -3.23. The van der Waals surface area contributed by atoms with Crippen LogP contribution in [-0.2, 0) is 0 Å². The Bertz CT molecular complexity index is 750. The first-order valence-corrected chi connectivity index (χ1v) is 4.75. The van der Waals surface area contributed by atoms with Gasteiger partial charge in [0.05, 0.1) is 5.22 Å². The summed E-state index contributed by atoms with van der Waals surface area (Å²) in [6.07, 6.45) is 0. The lowest BCUT2D eigenvalue weighted by Crippen LogP contribution is -2.42. The second-order valence-corrected chi connectivity index (χ2v) is 3.30. The van der Waals surface area contributed by atoms with E-state index < -0.39 is 44.5 Å². The average Bonchev–Trinajstić information content (AvgIpc) is 2.46. The van der Waals surface area contributed by atoms with Crippen LogP contribution in [0.4, 0.5) is 13.2 Å². The van der Waals surface area contributed by atoms with E-state index in [2.05, 4.69) is 0 Å². The van der Waals surface area contributed by atoms with Crippen molar-refractivity contribution < 1.29 is 13.2 Å². The van der Waals surface area contributed by atoms with Crippen molar-refractivity contribution in [1.29, 1.82) is 21.0 Å². The average molecular weight is 268 g/mol. The molecular formula is C12BF3N4. The van der Waals surface area contributed by atoms with Gasteiger partial charge in [-0.1, -0.05) is 0 Å². The zero-order chi connectivity index (χ0) is 15.4. The van der Waals surface area contributed by atoms with Gasteiger partial charge in [-0.05, 0) is 5.46 Å². The number of benzene rings is 1. The molecule has 0 saturated carbocycles. The molecule has 20 heavy (non-hydrogen) atoms. The lowest BCUT2D eigenvalue weighted by molar-refractivity contribution is 0.482. The fourth-order valence-electron chi connectivity index (χ4n) is 1.42. The molecule has 0 fully saturated rings. The molecule has 1 aromatic carbocycles. The van der Waals surface area contributed by atoms with E-state index in [0.29, 0.717) is 0 Å². The first kappa shape index (κ1) is 14.8. The molecule has 0 unspecified atom stereocenters. The van der Waals surface area contributed by atoms with Crippen LogP contribution in [-0.4, -0.2) is 7.85 Å². The Morgan fingerprint density at radius 1 is 0.700 bits per heavy atom. The predicted molar refractivity (Wildman–Crippen MR) is 60.2 cm³/mol. The first-order chi connectivity index (χ1) is 9.44. The van der Waals surface area contributed by atoms with Crippen molar-refractivity contribution in [2.24, 2.45) is 0 Å². The maximum atomic E-state index is 13.9. The first-order valence-electron chi connectivity index (χ1n) is 4.75. The van der Waals surface area contributed by atoms with E-state index >= 15 is 0 Å². The predicted octanol–water partition coefficient (Wildman–Crippen LogP) is -0.707. The molecule has 4 nitrogen and oxygen atoms in total. The van der Waals surface area contributed by atoms with Crippen LogP contribution >= 0.6 is 0 Å². The Balaban J connectivity index is 4.35. The van der Waals surface area contributed by atoms with Crippen LogP contribution in [0, 0.1) is 62.8 Å². The zero-order valence-corrected chi connectivity index (χ0v) is 9.50. The number of nitrogens with zero attached hydrogens (tertiary/aromatic N) is 4. The molecule has 0 aromatic heterocycles. The molecule has 1 aromatic rings. The lowest BCUT2D eigenvalue weighted by Gasteiger charge is -2.04. The number of halogens is 3. The van der Waals surface area contributed by atoms with Crippen molar-refractivity contribution in [3.8, 4) is 24.3 Å². The summed E-state index contributed by atoms with van der Waals surface area (Å²) in [4.78, 5) is 0. The monoisotopic (exact) mass is 268 g/mol. The Morgan fingerprint density at radius 3 is 1.45 bits per heavy atom. The molecule has 1 rings (SSSR count). The smallest absolute Gasteiger partial charge is 0.171 e. The Labute approximate surface area is 111 Å².